The van der Waals surface area contributed by atoms with Crippen LogP contribution in [0.4, 0.5) is 5.69 Å². The third kappa shape index (κ3) is 3.53. The summed E-state index contributed by atoms with van der Waals surface area (Å²) >= 11 is 0. The summed E-state index contributed by atoms with van der Waals surface area (Å²) in [6, 6.07) is 7.42. The molecule has 0 saturated heterocycles. The van der Waals surface area contributed by atoms with E-state index in [1.165, 1.54) is 0 Å². The average molecular weight is 244 g/mol. The zero-order valence-corrected chi connectivity index (χ0v) is 11.0. The number of anilines is 1. The van der Waals surface area contributed by atoms with Crippen LogP contribution in [0.1, 0.15) is 31.7 Å². The second-order valence-electron chi connectivity index (χ2n) is 4.36. The molecule has 1 unspecified atom stereocenters. The Labute approximate surface area is 109 Å². The van der Waals surface area contributed by atoms with E-state index in [-0.39, 0.29) is 11.8 Å². The maximum absolute atomic E-state index is 12.3. The summed E-state index contributed by atoms with van der Waals surface area (Å²) in [5, 5.41) is 0. The molecule has 1 rings (SSSR count). The molecule has 3 heteroatoms. The number of amides is 1. The van der Waals surface area contributed by atoms with Gasteiger partial charge in [0.05, 0.1) is 12.5 Å². The van der Waals surface area contributed by atoms with Crippen LogP contribution in [0.15, 0.2) is 24.3 Å². The van der Waals surface area contributed by atoms with Gasteiger partial charge in [-0.3, -0.25) is 4.79 Å². The first-order valence-electron chi connectivity index (χ1n) is 6.17. The maximum atomic E-state index is 12.3. The summed E-state index contributed by atoms with van der Waals surface area (Å²) in [5.41, 5.74) is 7.33. The summed E-state index contributed by atoms with van der Waals surface area (Å²) in [7, 11) is 0. The molecule has 1 atom stereocenters. The van der Waals surface area contributed by atoms with Crippen molar-refractivity contribution in [3.05, 3.63) is 29.8 Å². The molecular formula is C15H20N2O. The van der Waals surface area contributed by atoms with E-state index in [0.717, 1.165) is 12.0 Å². The molecule has 1 amide bonds. The van der Waals surface area contributed by atoms with Gasteiger partial charge in [-0.1, -0.05) is 25.0 Å². The van der Waals surface area contributed by atoms with Gasteiger partial charge in [0.2, 0.25) is 5.91 Å². The Morgan fingerprint density at radius 1 is 1.56 bits per heavy atom. The lowest BCUT2D eigenvalue weighted by molar-refractivity contribution is -0.131. The summed E-state index contributed by atoms with van der Waals surface area (Å²) < 4.78 is 0. The van der Waals surface area contributed by atoms with Crippen LogP contribution in [0.25, 0.3) is 0 Å². The summed E-state index contributed by atoms with van der Waals surface area (Å²) in [5.74, 6) is 2.37. The van der Waals surface area contributed by atoms with Crippen molar-refractivity contribution in [1.82, 2.24) is 4.90 Å². The summed E-state index contributed by atoms with van der Waals surface area (Å²) in [6.45, 7) is 4.97. The predicted molar refractivity (Wildman–Crippen MR) is 75.0 cm³/mol. The molecule has 96 valence electrons. The summed E-state index contributed by atoms with van der Waals surface area (Å²) in [4.78, 5) is 14.0. The highest BCUT2D eigenvalue weighted by Crippen LogP contribution is 2.20. The van der Waals surface area contributed by atoms with Crippen LogP contribution in [-0.2, 0) is 4.79 Å². The third-order valence-corrected chi connectivity index (χ3v) is 2.87. The molecule has 0 radical (unpaired) electrons. The molecule has 0 bridgehead atoms. The van der Waals surface area contributed by atoms with Crippen LogP contribution in [0.2, 0.25) is 0 Å². The minimum atomic E-state index is -0.214. The largest absolute Gasteiger partial charge is 0.399 e. The van der Waals surface area contributed by atoms with E-state index in [0.29, 0.717) is 18.8 Å². The van der Waals surface area contributed by atoms with Crippen LogP contribution in [0.3, 0.4) is 0 Å². The van der Waals surface area contributed by atoms with E-state index in [1.807, 2.05) is 38.1 Å². The highest BCUT2D eigenvalue weighted by atomic mass is 16.2. The molecule has 0 saturated carbocycles. The highest BCUT2D eigenvalue weighted by molar-refractivity contribution is 5.83. The smallest absolute Gasteiger partial charge is 0.230 e. The third-order valence-electron chi connectivity index (χ3n) is 2.87. The van der Waals surface area contributed by atoms with E-state index in [4.69, 9.17) is 12.2 Å². The first kappa shape index (κ1) is 14.1. The molecular weight excluding hydrogens is 224 g/mol. The SMILES string of the molecule is C#CCN(CCC)C(=O)C(C)c1cccc(N)c1. The van der Waals surface area contributed by atoms with Gasteiger partial charge in [-0.2, -0.15) is 0 Å². The van der Waals surface area contributed by atoms with Gasteiger partial charge in [-0.15, -0.1) is 6.42 Å². The van der Waals surface area contributed by atoms with Crippen LogP contribution < -0.4 is 5.73 Å². The molecule has 0 fully saturated rings. The van der Waals surface area contributed by atoms with E-state index >= 15 is 0 Å². The number of nitrogens with two attached hydrogens (primary N) is 1. The predicted octanol–water partition coefficient (Wildman–Crippen LogP) is 2.24. The highest BCUT2D eigenvalue weighted by Gasteiger charge is 2.20. The van der Waals surface area contributed by atoms with Gasteiger partial charge < -0.3 is 10.6 Å². The van der Waals surface area contributed by atoms with Gasteiger partial charge >= 0.3 is 0 Å². The van der Waals surface area contributed by atoms with Crippen molar-refractivity contribution in [3.8, 4) is 12.3 Å². The number of benzene rings is 1. The van der Waals surface area contributed by atoms with Crippen LogP contribution in [0.5, 0.6) is 0 Å². The van der Waals surface area contributed by atoms with Crippen molar-refractivity contribution in [1.29, 1.82) is 0 Å². The molecule has 0 aromatic heterocycles. The molecule has 1 aromatic rings. The lowest BCUT2D eigenvalue weighted by Gasteiger charge is -2.23. The first-order valence-corrected chi connectivity index (χ1v) is 6.17. The Morgan fingerprint density at radius 2 is 2.28 bits per heavy atom. The number of terminal acetylenes is 1. The van der Waals surface area contributed by atoms with E-state index in [1.54, 1.807) is 4.90 Å². The fourth-order valence-electron chi connectivity index (χ4n) is 1.89. The number of hydrogen-bond acceptors (Lipinski definition) is 2. The van der Waals surface area contributed by atoms with Gasteiger partial charge in [0, 0.05) is 12.2 Å². The molecule has 1 aromatic carbocycles. The van der Waals surface area contributed by atoms with Crippen LogP contribution in [-0.4, -0.2) is 23.9 Å². The molecule has 18 heavy (non-hydrogen) atoms. The fourth-order valence-corrected chi connectivity index (χ4v) is 1.89. The maximum Gasteiger partial charge on any atom is 0.230 e. The van der Waals surface area contributed by atoms with E-state index < -0.39 is 0 Å². The van der Waals surface area contributed by atoms with Gasteiger partial charge in [0.25, 0.3) is 0 Å². The molecule has 0 spiro atoms. The van der Waals surface area contributed by atoms with Crippen molar-refractivity contribution in [2.75, 3.05) is 18.8 Å². The van der Waals surface area contributed by atoms with Crippen molar-refractivity contribution in [2.24, 2.45) is 0 Å². The van der Waals surface area contributed by atoms with E-state index in [2.05, 4.69) is 5.92 Å². The quantitative estimate of drug-likeness (QED) is 0.638. The lowest BCUT2D eigenvalue weighted by Crippen LogP contribution is -2.35. The number of nitrogens with zero attached hydrogens (tertiary/aromatic N) is 1. The number of hydrogen-bond donors (Lipinski definition) is 1. The van der Waals surface area contributed by atoms with Crippen molar-refractivity contribution in [3.63, 3.8) is 0 Å². The fraction of sp³-hybridized carbons (Fsp3) is 0.400. The molecule has 0 heterocycles. The van der Waals surface area contributed by atoms with Gasteiger partial charge in [-0.05, 0) is 31.0 Å². The van der Waals surface area contributed by atoms with Gasteiger partial charge in [-0.25, -0.2) is 0 Å². The normalized spacial score (nSPS) is 11.6. The average Bonchev–Trinajstić information content (AvgIpc) is 2.37. The number of rotatable bonds is 5. The molecule has 0 aliphatic heterocycles. The Balaban J connectivity index is 2.85. The van der Waals surface area contributed by atoms with Crippen molar-refractivity contribution >= 4 is 11.6 Å². The monoisotopic (exact) mass is 244 g/mol. The number of carbonyl (C=O) groups excluding carboxylic acids is 1. The number of carbonyl (C=O) groups is 1. The molecule has 2 N–H and O–H groups in total. The van der Waals surface area contributed by atoms with Gasteiger partial charge in [0.15, 0.2) is 0 Å². The first-order chi connectivity index (χ1) is 8.60. The molecule has 3 nitrogen and oxygen atoms in total. The lowest BCUT2D eigenvalue weighted by atomic mass is 9.99. The van der Waals surface area contributed by atoms with Gasteiger partial charge in [0.1, 0.15) is 0 Å². The van der Waals surface area contributed by atoms with Crippen molar-refractivity contribution < 1.29 is 4.79 Å². The second kappa shape index (κ2) is 6.70. The van der Waals surface area contributed by atoms with Crippen LogP contribution >= 0.6 is 0 Å². The Bertz CT molecular complexity index is 448. The zero-order valence-electron chi connectivity index (χ0n) is 11.0. The summed E-state index contributed by atoms with van der Waals surface area (Å²) in [6.07, 6.45) is 6.20. The van der Waals surface area contributed by atoms with Crippen LogP contribution in [0, 0.1) is 12.3 Å². The minimum absolute atomic E-state index is 0.0559. The zero-order chi connectivity index (χ0) is 13.5. The Hall–Kier alpha value is -1.95. The number of nitrogen functional groups attached to an aromatic ring is 1. The van der Waals surface area contributed by atoms with Crippen molar-refractivity contribution in [2.45, 2.75) is 26.2 Å². The molecule has 0 aliphatic rings. The van der Waals surface area contributed by atoms with E-state index in [9.17, 15) is 4.79 Å². The topological polar surface area (TPSA) is 46.3 Å². The second-order valence-corrected chi connectivity index (χ2v) is 4.36. The Kier molecular flexibility index (Phi) is 5.26. The molecule has 0 aliphatic carbocycles. The minimum Gasteiger partial charge on any atom is -0.399 e. The Morgan fingerprint density at radius 3 is 2.83 bits per heavy atom. The standard InChI is InChI=1S/C15H20N2O/c1-4-9-17(10-5-2)15(18)12(3)13-7-6-8-14(16)11-13/h1,6-8,11-12H,5,9-10,16H2,2-3H3.